The van der Waals surface area contributed by atoms with Crippen molar-refractivity contribution in [2.75, 3.05) is 5.32 Å². The molecule has 0 saturated heterocycles. The molecular weight excluding hydrogens is 434 g/mol. The second-order valence-corrected chi connectivity index (χ2v) is 7.31. The summed E-state index contributed by atoms with van der Waals surface area (Å²) in [5.41, 5.74) is -0.347. The quantitative estimate of drug-likeness (QED) is 0.441. The molecule has 3 aromatic rings. The average molecular weight is 452 g/mol. The number of aryl methyl sites for hydroxylation is 1. The molecule has 1 aromatic heterocycles. The van der Waals surface area contributed by atoms with Crippen molar-refractivity contribution in [1.82, 2.24) is 4.98 Å². The van der Waals surface area contributed by atoms with Gasteiger partial charge in [-0.1, -0.05) is 12.1 Å². The van der Waals surface area contributed by atoms with Crippen LogP contribution < -0.4 is 5.32 Å². The van der Waals surface area contributed by atoms with E-state index in [2.05, 4.69) is 10.3 Å². The normalized spacial score (nSPS) is 13.0. The molecule has 3 rings (SSSR count). The van der Waals surface area contributed by atoms with Crippen LogP contribution in [-0.4, -0.2) is 10.9 Å². The Morgan fingerprint density at radius 2 is 1.41 bits per heavy atom. The Bertz CT molecular complexity index is 1090. The predicted molar refractivity (Wildman–Crippen MR) is 108 cm³/mol. The van der Waals surface area contributed by atoms with E-state index in [9.17, 15) is 31.1 Å². The van der Waals surface area contributed by atoms with Crippen LogP contribution in [0.25, 0.3) is 11.1 Å². The highest BCUT2D eigenvalue weighted by atomic mass is 19.4. The zero-order chi connectivity index (χ0) is 23.7. The van der Waals surface area contributed by atoms with Crippen LogP contribution in [0.2, 0.25) is 0 Å². The highest BCUT2D eigenvalue weighted by Crippen LogP contribution is 2.38. The molecule has 0 saturated carbocycles. The number of anilines is 1. The lowest BCUT2D eigenvalue weighted by atomic mass is 9.95. The molecule has 0 aliphatic carbocycles. The second kappa shape index (κ2) is 8.64. The molecule has 0 fully saturated rings. The SMILES string of the molecule is Cc1cc(-c2ccc(NC(=O)[C@H](C)c3cc(C(F)(F)F)cc(C(F)(F)F)c3)cc2)ccn1. The van der Waals surface area contributed by atoms with Crippen LogP contribution in [0.3, 0.4) is 0 Å². The molecule has 2 aromatic carbocycles. The average Bonchev–Trinajstić information content (AvgIpc) is 2.72. The van der Waals surface area contributed by atoms with Gasteiger partial charge in [0, 0.05) is 17.6 Å². The van der Waals surface area contributed by atoms with Gasteiger partial charge in [0.1, 0.15) is 0 Å². The molecule has 168 valence electrons. The van der Waals surface area contributed by atoms with Gasteiger partial charge >= 0.3 is 12.4 Å². The number of hydrogen-bond donors (Lipinski definition) is 1. The van der Waals surface area contributed by atoms with E-state index >= 15 is 0 Å². The number of pyridine rings is 1. The Labute approximate surface area is 180 Å². The van der Waals surface area contributed by atoms with Crippen LogP contribution in [0.4, 0.5) is 32.0 Å². The molecule has 1 atom stereocenters. The minimum Gasteiger partial charge on any atom is -0.326 e. The van der Waals surface area contributed by atoms with E-state index in [-0.39, 0.29) is 11.6 Å². The monoisotopic (exact) mass is 452 g/mol. The van der Waals surface area contributed by atoms with Gasteiger partial charge in [-0.2, -0.15) is 26.3 Å². The molecule has 0 aliphatic heterocycles. The van der Waals surface area contributed by atoms with Crippen molar-refractivity contribution in [3.8, 4) is 11.1 Å². The van der Waals surface area contributed by atoms with Gasteiger partial charge in [-0.3, -0.25) is 9.78 Å². The summed E-state index contributed by atoms with van der Waals surface area (Å²) in [5.74, 6) is -1.98. The molecule has 1 N–H and O–H groups in total. The number of carbonyl (C=O) groups is 1. The summed E-state index contributed by atoms with van der Waals surface area (Å²) >= 11 is 0. The first-order valence-corrected chi connectivity index (χ1v) is 9.48. The van der Waals surface area contributed by atoms with Crippen molar-refractivity contribution in [3.63, 3.8) is 0 Å². The van der Waals surface area contributed by atoms with E-state index in [0.29, 0.717) is 17.8 Å². The zero-order valence-corrected chi connectivity index (χ0v) is 17.0. The lowest BCUT2D eigenvalue weighted by molar-refractivity contribution is -0.143. The maximum absolute atomic E-state index is 13.1. The fraction of sp³-hybridized carbons (Fsp3) is 0.217. The first-order valence-electron chi connectivity index (χ1n) is 9.48. The predicted octanol–water partition coefficient (Wildman–Crippen LogP) is 6.84. The van der Waals surface area contributed by atoms with Gasteiger partial charge in [0.25, 0.3) is 0 Å². The van der Waals surface area contributed by atoms with Crippen molar-refractivity contribution in [2.45, 2.75) is 32.1 Å². The lowest BCUT2D eigenvalue weighted by Gasteiger charge is -2.18. The Morgan fingerprint density at radius 3 is 1.91 bits per heavy atom. The standard InChI is InChI=1S/C23H18F6N2O/c1-13-9-16(7-8-30-13)15-3-5-20(6-4-15)31-21(32)14(2)17-10-18(22(24,25)26)12-19(11-17)23(27,28)29/h3-12,14H,1-2H3,(H,31,32)/t14-/m1/s1. The molecule has 9 heteroatoms. The van der Waals surface area contributed by atoms with Crippen LogP contribution in [-0.2, 0) is 17.1 Å². The van der Waals surface area contributed by atoms with Gasteiger partial charge < -0.3 is 5.32 Å². The maximum Gasteiger partial charge on any atom is 0.416 e. The Hall–Kier alpha value is -3.36. The molecule has 3 nitrogen and oxygen atoms in total. The highest BCUT2D eigenvalue weighted by molar-refractivity contribution is 5.95. The van der Waals surface area contributed by atoms with Crippen LogP contribution in [0, 0.1) is 6.92 Å². The van der Waals surface area contributed by atoms with E-state index in [0.717, 1.165) is 16.8 Å². The maximum atomic E-state index is 13.1. The summed E-state index contributed by atoms with van der Waals surface area (Å²) in [6.07, 6.45) is -8.30. The van der Waals surface area contributed by atoms with Crippen molar-refractivity contribution in [2.24, 2.45) is 0 Å². The van der Waals surface area contributed by atoms with Crippen molar-refractivity contribution >= 4 is 11.6 Å². The fourth-order valence-corrected chi connectivity index (χ4v) is 3.10. The summed E-state index contributed by atoms with van der Waals surface area (Å²) in [7, 11) is 0. The molecule has 0 spiro atoms. The number of nitrogens with one attached hydrogen (secondary N) is 1. The third-order valence-electron chi connectivity index (χ3n) is 4.89. The molecular formula is C23H18F6N2O. The van der Waals surface area contributed by atoms with Gasteiger partial charge in [-0.25, -0.2) is 0 Å². The molecule has 0 aliphatic rings. The van der Waals surface area contributed by atoms with E-state index in [4.69, 9.17) is 0 Å². The summed E-state index contributed by atoms with van der Waals surface area (Å²) in [6.45, 7) is 3.09. The van der Waals surface area contributed by atoms with E-state index < -0.39 is 35.3 Å². The van der Waals surface area contributed by atoms with Gasteiger partial charge in [0.05, 0.1) is 17.0 Å². The van der Waals surface area contributed by atoms with Gasteiger partial charge in [-0.05, 0) is 73.0 Å². The van der Waals surface area contributed by atoms with Gasteiger partial charge in [-0.15, -0.1) is 0 Å². The largest absolute Gasteiger partial charge is 0.416 e. The first-order chi connectivity index (χ1) is 14.8. The van der Waals surface area contributed by atoms with Crippen LogP contribution in [0.15, 0.2) is 60.8 Å². The number of alkyl halides is 6. The van der Waals surface area contributed by atoms with Crippen LogP contribution in [0.5, 0.6) is 0 Å². The highest BCUT2D eigenvalue weighted by Gasteiger charge is 2.37. The number of nitrogens with zero attached hydrogens (tertiary/aromatic N) is 1. The zero-order valence-electron chi connectivity index (χ0n) is 17.0. The van der Waals surface area contributed by atoms with E-state index in [1.54, 1.807) is 30.5 Å². The Balaban J connectivity index is 1.82. The lowest BCUT2D eigenvalue weighted by Crippen LogP contribution is -2.20. The third kappa shape index (κ3) is 5.46. The number of aromatic nitrogens is 1. The van der Waals surface area contributed by atoms with E-state index in [1.807, 2.05) is 19.1 Å². The third-order valence-corrected chi connectivity index (χ3v) is 4.89. The minimum absolute atomic E-state index is 0.0354. The molecule has 0 radical (unpaired) electrons. The number of rotatable bonds is 4. The molecule has 1 amide bonds. The number of hydrogen-bond acceptors (Lipinski definition) is 2. The van der Waals surface area contributed by atoms with Crippen LogP contribution >= 0.6 is 0 Å². The number of carbonyl (C=O) groups excluding carboxylic acids is 1. The molecule has 1 heterocycles. The van der Waals surface area contributed by atoms with E-state index in [1.165, 1.54) is 6.92 Å². The summed E-state index contributed by atoms with van der Waals surface area (Å²) < 4.78 is 78.5. The second-order valence-electron chi connectivity index (χ2n) is 7.31. The molecule has 32 heavy (non-hydrogen) atoms. The number of amides is 1. The molecule has 0 bridgehead atoms. The summed E-state index contributed by atoms with van der Waals surface area (Å²) in [4.78, 5) is 16.7. The summed E-state index contributed by atoms with van der Waals surface area (Å²) in [5, 5.41) is 2.53. The smallest absolute Gasteiger partial charge is 0.326 e. The Kier molecular flexibility index (Phi) is 6.29. The summed E-state index contributed by atoms with van der Waals surface area (Å²) in [6, 6.07) is 11.5. The van der Waals surface area contributed by atoms with Gasteiger partial charge in [0.15, 0.2) is 0 Å². The van der Waals surface area contributed by atoms with Crippen molar-refractivity contribution in [1.29, 1.82) is 0 Å². The van der Waals surface area contributed by atoms with Gasteiger partial charge in [0.2, 0.25) is 5.91 Å². The fourth-order valence-electron chi connectivity index (χ4n) is 3.10. The minimum atomic E-state index is -4.98. The topological polar surface area (TPSA) is 42.0 Å². The molecule has 0 unspecified atom stereocenters. The first kappa shape index (κ1) is 23.3. The van der Waals surface area contributed by atoms with Crippen molar-refractivity contribution in [3.05, 3.63) is 83.2 Å². The van der Waals surface area contributed by atoms with Crippen molar-refractivity contribution < 1.29 is 31.1 Å². The van der Waals surface area contributed by atoms with Crippen LogP contribution in [0.1, 0.15) is 35.2 Å². The number of halogens is 6. The number of benzene rings is 2. The Morgan fingerprint density at radius 1 is 0.844 bits per heavy atom.